The Hall–Kier alpha value is -3.85. The molecule has 3 aromatic carbocycles. The molecule has 0 saturated heterocycles. The fourth-order valence-electron chi connectivity index (χ4n) is 3.26. The molecule has 0 unspecified atom stereocenters. The van der Waals surface area contributed by atoms with E-state index in [-0.39, 0.29) is 32.3 Å². The van der Waals surface area contributed by atoms with Crippen molar-refractivity contribution in [3.63, 3.8) is 0 Å². The van der Waals surface area contributed by atoms with Gasteiger partial charge in [-0.1, -0.05) is 23.7 Å². The van der Waals surface area contributed by atoms with Crippen LogP contribution >= 0.6 is 27.5 Å². The highest BCUT2D eigenvalue weighted by Crippen LogP contribution is 2.39. The fraction of sp³-hybridized carbons (Fsp3) is 0.115. The van der Waals surface area contributed by atoms with E-state index in [0.29, 0.717) is 22.0 Å². The number of carbonyl (C=O) groups is 2. The molecule has 2 N–H and O–H groups in total. The number of rotatable bonds is 8. The predicted octanol–water partition coefficient (Wildman–Crippen LogP) is 5.69. The molecular formula is C26H21BrClN3O6S. The van der Waals surface area contributed by atoms with Crippen molar-refractivity contribution < 1.29 is 26.9 Å². The molecule has 0 heterocycles. The van der Waals surface area contributed by atoms with Gasteiger partial charge >= 0.3 is 10.1 Å². The number of nitriles is 1. The van der Waals surface area contributed by atoms with E-state index in [1.165, 1.54) is 56.5 Å². The van der Waals surface area contributed by atoms with Crippen molar-refractivity contribution in [1.29, 1.82) is 5.26 Å². The van der Waals surface area contributed by atoms with E-state index < -0.39 is 16.0 Å². The Bertz CT molecular complexity index is 1560. The largest absolute Gasteiger partial charge is 0.493 e. The molecule has 0 aliphatic rings. The number of hydrogen-bond donors (Lipinski definition) is 2. The topological polar surface area (TPSA) is 135 Å². The van der Waals surface area contributed by atoms with Gasteiger partial charge in [0.05, 0.1) is 22.3 Å². The highest BCUT2D eigenvalue weighted by molar-refractivity contribution is 9.10. The monoisotopic (exact) mass is 617 g/mol. The average molecular weight is 619 g/mol. The van der Waals surface area contributed by atoms with E-state index in [1.807, 2.05) is 6.07 Å². The minimum Gasteiger partial charge on any atom is -0.493 e. The zero-order chi connectivity index (χ0) is 28.0. The summed E-state index contributed by atoms with van der Waals surface area (Å²) in [6, 6.07) is 15.3. The van der Waals surface area contributed by atoms with Crippen molar-refractivity contribution in [2.75, 3.05) is 17.7 Å². The van der Waals surface area contributed by atoms with E-state index in [4.69, 9.17) is 20.5 Å². The summed E-state index contributed by atoms with van der Waals surface area (Å²) in [5, 5.41) is 15.1. The van der Waals surface area contributed by atoms with Crippen LogP contribution in [0.4, 0.5) is 11.4 Å². The van der Waals surface area contributed by atoms with Crippen molar-refractivity contribution in [1.82, 2.24) is 0 Å². The number of hydrogen-bond acceptors (Lipinski definition) is 7. The zero-order valence-corrected chi connectivity index (χ0v) is 23.5. The summed E-state index contributed by atoms with van der Waals surface area (Å²) in [6.45, 7) is 3.10. The van der Waals surface area contributed by atoms with Gasteiger partial charge in [-0.3, -0.25) is 9.59 Å². The normalized spacial score (nSPS) is 11.3. The second-order valence-corrected chi connectivity index (χ2v) is 10.6. The van der Waals surface area contributed by atoms with Gasteiger partial charge in [-0.15, -0.1) is 0 Å². The number of aryl methyl sites for hydroxylation is 1. The summed E-state index contributed by atoms with van der Waals surface area (Å²) in [7, 11) is -2.96. The molecule has 38 heavy (non-hydrogen) atoms. The first-order valence-electron chi connectivity index (χ1n) is 10.8. The Kier molecular flexibility index (Phi) is 9.17. The van der Waals surface area contributed by atoms with Gasteiger partial charge in [-0.25, -0.2) is 0 Å². The third-order valence-corrected chi connectivity index (χ3v) is 7.18. The number of halogens is 2. The molecule has 9 nitrogen and oxygen atoms in total. The number of carbonyl (C=O) groups excluding carboxylic acids is 2. The molecular weight excluding hydrogens is 598 g/mol. The Balaban J connectivity index is 1.90. The fourth-order valence-corrected chi connectivity index (χ4v) is 5.13. The molecule has 12 heteroatoms. The number of benzene rings is 3. The Morgan fingerprint density at radius 3 is 2.37 bits per heavy atom. The highest BCUT2D eigenvalue weighted by Gasteiger charge is 2.22. The van der Waals surface area contributed by atoms with Gasteiger partial charge < -0.3 is 19.6 Å². The summed E-state index contributed by atoms with van der Waals surface area (Å²) in [5.74, 6) is -1.07. The van der Waals surface area contributed by atoms with E-state index in [0.717, 1.165) is 5.56 Å². The van der Waals surface area contributed by atoms with Crippen LogP contribution in [0, 0.1) is 18.3 Å². The number of nitrogens with zero attached hydrogens (tertiary/aromatic N) is 1. The maximum absolute atomic E-state index is 12.9. The molecule has 0 bridgehead atoms. The Morgan fingerprint density at radius 2 is 1.79 bits per heavy atom. The number of anilines is 2. The lowest BCUT2D eigenvalue weighted by Gasteiger charge is -2.14. The van der Waals surface area contributed by atoms with Crippen LogP contribution in [0.15, 0.2) is 69.5 Å². The molecule has 0 fully saturated rings. The molecule has 0 aromatic heterocycles. The van der Waals surface area contributed by atoms with Gasteiger partial charge in [0, 0.05) is 12.6 Å². The lowest BCUT2D eigenvalue weighted by molar-refractivity contribution is -0.114. The van der Waals surface area contributed by atoms with Gasteiger partial charge in [0.15, 0.2) is 11.5 Å². The van der Waals surface area contributed by atoms with Crippen molar-refractivity contribution in [3.05, 3.63) is 80.8 Å². The van der Waals surface area contributed by atoms with Crippen LogP contribution in [0.1, 0.15) is 18.1 Å². The second kappa shape index (κ2) is 12.1. The van der Waals surface area contributed by atoms with Gasteiger partial charge in [0.2, 0.25) is 5.91 Å². The van der Waals surface area contributed by atoms with E-state index in [1.54, 1.807) is 25.1 Å². The quantitative estimate of drug-likeness (QED) is 0.188. The summed E-state index contributed by atoms with van der Waals surface area (Å²) in [5.41, 5.74) is 1.67. The van der Waals surface area contributed by atoms with E-state index >= 15 is 0 Å². The lowest BCUT2D eigenvalue weighted by atomic mass is 10.1. The molecule has 0 aliphatic carbocycles. The van der Waals surface area contributed by atoms with Gasteiger partial charge in [0.25, 0.3) is 5.91 Å². The van der Waals surface area contributed by atoms with E-state index in [2.05, 4.69) is 26.6 Å². The van der Waals surface area contributed by atoms with Crippen LogP contribution in [-0.2, 0) is 19.7 Å². The summed E-state index contributed by atoms with van der Waals surface area (Å²) in [6.07, 6.45) is 1.31. The first-order chi connectivity index (χ1) is 17.9. The molecule has 0 aliphatic heterocycles. The SMILES string of the molecule is COc1cc(/C=C(\C#N)C(=O)Nc2c(C)cccc2Cl)cc(Br)c1OS(=O)(=O)c1ccc(NC(C)=O)cc1. The van der Waals surface area contributed by atoms with Crippen LogP contribution in [0.2, 0.25) is 5.02 Å². The minimum absolute atomic E-state index is 0.0312. The molecule has 0 saturated carbocycles. The van der Waals surface area contributed by atoms with Crippen LogP contribution in [0.3, 0.4) is 0 Å². The molecule has 3 rings (SSSR count). The molecule has 0 radical (unpaired) electrons. The van der Waals surface area contributed by atoms with Crippen molar-refractivity contribution in [2.45, 2.75) is 18.7 Å². The van der Waals surface area contributed by atoms with Crippen LogP contribution in [0.25, 0.3) is 6.08 Å². The number of ether oxygens (including phenoxy) is 1. The predicted molar refractivity (Wildman–Crippen MR) is 148 cm³/mol. The van der Waals surface area contributed by atoms with Gasteiger partial charge in [-0.2, -0.15) is 13.7 Å². The summed E-state index contributed by atoms with van der Waals surface area (Å²) >= 11 is 9.44. The van der Waals surface area contributed by atoms with Crippen molar-refractivity contribution in [3.8, 4) is 17.6 Å². The van der Waals surface area contributed by atoms with Crippen molar-refractivity contribution in [2.24, 2.45) is 0 Å². The van der Waals surface area contributed by atoms with Crippen molar-refractivity contribution >= 4 is 66.9 Å². The molecule has 0 spiro atoms. The second-order valence-electron chi connectivity index (χ2n) is 7.83. The average Bonchev–Trinajstić information content (AvgIpc) is 2.86. The number of para-hydroxylation sites is 1. The number of methoxy groups -OCH3 is 1. The number of nitrogens with one attached hydrogen (secondary N) is 2. The third-order valence-electron chi connectivity index (χ3n) is 5.04. The van der Waals surface area contributed by atoms with Crippen LogP contribution in [0.5, 0.6) is 11.5 Å². The molecule has 0 atom stereocenters. The Morgan fingerprint density at radius 1 is 1.11 bits per heavy atom. The first-order valence-corrected chi connectivity index (χ1v) is 13.4. The maximum Gasteiger partial charge on any atom is 0.339 e. The molecule has 2 amide bonds. The summed E-state index contributed by atoms with van der Waals surface area (Å²) < 4.78 is 36.6. The third kappa shape index (κ3) is 6.92. The molecule has 3 aromatic rings. The highest BCUT2D eigenvalue weighted by atomic mass is 79.9. The maximum atomic E-state index is 12.9. The van der Waals surface area contributed by atoms with Crippen LogP contribution < -0.4 is 19.6 Å². The lowest BCUT2D eigenvalue weighted by Crippen LogP contribution is -2.14. The standard InChI is InChI=1S/C26H21BrClN3O6S/c1-15-5-4-6-22(28)24(15)31-26(33)18(14-29)11-17-12-21(27)25(23(13-17)36-3)37-38(34,35)20-9-7-19(8-10-20)30-16(2)32/h4-13H,1-3H3,(H,30,32)(H,31,33)/b18-11+. The summed E-state index contributed by atoms with van der Waals surface area (Å²) in [4.78, 5) is 23.8. The zero-order valence-electron chi connectivity index (χ0n) is 20.3. The number of amides is 2. The van der Waals surface area contributed by atoms with Gasteiger partial charge in [0.1, 0.15) is 16.5 Å². The first kappa shape index (κ1) is 28.7. The van der Waals surface area contributed by atoms with Gasteiger partial charge in [-0.05, 0) is 82.5 Å². The smallest absolute Gasteiger partial charge is 0.339 e. The minimum atomic E-state index is -4.28. The molecule has 196 valence electrons. The van der Waals surface area contributed by atoms with Crippen LogP contribution in [-0.4, -0.2) is 27.3 Å². The van der Waals surface area contributed by atoms with E-state index in [9.17, 15) is 23.3 Å². The Labute approximate surface area is 233 Å².